The Hall–Kier alpha value is -3.07. The summed E-state index contributed by atoms with van der Waals surface area (Å²) in [7, 11) is 0. The van der Waals surface area contributed by atoms with E-state index in [1.807, 2.05) is 19.1 Å². The lowest BCUT2D eigenvalue weighted by Crippen LogP contribution is -2.39. The molecule has 1 aromatic heterocycles. The van der Waals surface area contributed by atoms with Crippen molar-refractivity contribution in [2.45, 2.75) is 20.0 Å². The maximum Gasteiger partial charge on any atom is 0.269 e. The van der Waals surface area contributed by atoms with Gasteiger partial charge in [-0.2, -0.15) is 0 Å². The maximum atomic E-state index is 10.7. The molecular formula is C19H27N5O4. The summed E-state index contributed by atoms with van der Waals surface area (Å²) in [5, 5.41) is 20.3. The number of rotatable bonds is 12. The lowest BCUT2D eigenvalue weighted by atomic mass is 10.3. The zero-order chi connectivity index (χ0) is 20.0. The van der Waals surface area contributed by atoms with Crippen LogP contribution < -0.4 is 16.0 Å². The number of hydrogen-bond donors (Lipinski definition) is 3. The highest BCUT2D eigenvalue weighted by Crippen LogP contribution is 2.14. The number of benzene rings is 1. The van der Waals surface area contributed by atoms with E-state index in [1.165, 1.54) is 12.1 Å². The molecule has 0 unspecified atom stereocenters. The van der Waals surface area contributed by atoms with E-state index in [-0.39, 0.29) is 5.69 Å². The van der Waals surface area contributed by atoms with Gasteiger partial charge in [0, 0.05) is 50.6 Å². The first-order chi connectivity index (χ1) is 13.7. The van der Waals surface area contributed by atoms with Gasteiger partial charge in [0.05, 0.1) is 11.2 Å². The van der Waals surface area contributed by atoms with E-state index in [4.69, 9.17) is 9.15 Å². The van der Waals surface area contributed by atoms with Crippen molar-refractivity contribution < 1.29 is 14.1 Å². The molecule has 0 saturated carbocycles. The minimum atomic E-state index is -0.410. The third kappa shape index (κ3) is 8.09. The van der Waals surface area contributed by atoms with Crippen LogP contribution in [0, 0.1) is 10.1 Å². The molecular weight excluding hydrogens is 362 g/mol. The van der Waals surface area contributed by atoms with Crippen LogP contribution in [0.25, 0.3) is 0 Å². The molecule has 2 aromatic rings. The van der Waals surface area contributed by atoms with Crippen LogP contribution in [0.1, 0.15) is 19.1 Å². The van der Waals surface area contributed by atoms with Gasteiger partial charge in [0.25, 0.3) is 5.69 Å². The number of furan rings is 1. The van der Waals surface area contributed by atoms with Gasteiger partial charge < -0.3 is 25.1 Å². The zero-order valence-electron chi connectivity index (χ0n) is 16.0. The van der Waals surface area contributed by atoms with Gasteiger partial charge in [-0.1, -0.05) is 0 Å². The van der Waals surface area contributed by atoms with Crippen LogP contribution in [0.4, 0.5) is 11.4 Å². The Morgan fingerprint density at radius 2 is 2.04 bits per heavy atom. The van der Waals surface area contributed by atoms with Gasteiger partial charge >= 0.3 is 0 Å². The lowest BCUT2D eigenvalue weighted by molar-refractivity contribution is -0.384. The number of nitrogens with zero attached hydrogens (tertiary/aromatic N) is 2. The van der Waals surface area contributed by atoms with Crippen molar-refractivity contribution >= 4 is 17.3 Å². The molecule has 0 fully saturated rings. The van der Waals surface area contributed by atoms with Crippen LogP contribution in [0.2, 0.25) is 0 Å². The van der Waals surface area contributed by atoms with Gasteiger partial charge in [-0.3, -0.25) is 15.1 Å². The second-order valence-corrected chi connectivity index (χ2v) is 5.90. The normalized spacial score (nSPS) is 11.2. The minimum absolute atomic E-state index is 0.0818. The van der Waals surface area contributed by atoms with Crippen LogP contribution in [0.3, 0.4) is 0 Å². The standard InChI is InChI=1S/C19H27N5O4/c1-2-20-19(22-10-4-13-27-15-18-5-3-14-28-18)23-12-11-21-16-6-8-17(9-7-16)24(25)26/h3,5-9,14,21H,2,4,10-13,15H2,1H3,(H2,20,22,23). The Balaban J connectivity index is 1.61. The van der Waals surface area contributed by atoms with E-state index in [2.05, 4.69) is 20.9 Å². The van der Waals surface area contributed by atoms with Crippen LogP contribution in [0.5, 0.6) is 0 Å². The number of ether oxygens (including phenoxy) is 1. The van der Waals surface area contributed by atoms with Crippen molar-refractivity contribution in [3.63, 3.8) is 0 Å². The summed E-state index contributed by atoms with van der Waals surface area (Å²) in [4.78, 5) is 14.8. The van der Waals surface area contributed by atoms with E-state index in [0.717, 1.165) is 30.4 Å². The van der Waals surface area contributed by atoms with E-state index >= 15 is 0 Å². The Kier molecular flexibility index (Phi) is 9.36. The van der Waals surface area contributed by atoms with Crippen molar-refractivity contribution in [2.75, 3.05) is 38.1 Å². The summed E-state index contributed by atoms with van der Waals surface area (Å²) >= 11 is 0. The summed E-state index contributed by atoms with van der Waals surface area (Å²) in [6.45, 7) is 5.86. The molecule has 0 aliphatic heterocycles. The molecule has 0 atom stereocenters. The van der Waals surface area contributed by atoms with Crippen molar-refractivity contribution in [1.29, 1.82) is 0 Å². The van der Waals surface area contributed by atoms with Gasteiger partial charge in [-0.05, 0) is 37.6 Å². The highest BCUT2D eigenvalue weighted by Gasteiger charge is 2.03. The number of aliphatic imine (C=N–C) groups is 1. The molecule has 1 heterocycles. The summed E-state index contributed by atoms with van der Waals surface area (Å²) in [6, 6.07) is 10.1. The fourth-order valence-corrected chi connectivity index (χ4v) is 2.36. The summed E-state index contributed by atoms with van der Waals surface area (Å²) in [6.07, 6.45) is 2.45. The molecule has 9 heteroatoms. The Morgan fingerprint density at radius 3 is 2.71 bits per heavy atom. The fraction of sp³-hybridized carbons (Fsp3) is 0.421. The molecule has 2 rings (SSSR count). The van der Waals surface area contributed by atoms with Crippen molar-refractivity contribution in [1.82, 2.24) is 10.6 Å². The molecule has 0 spiro atoms. The summed E-state index contributed by atoms with van der Waals surface area (Å²) in [5.74, 6) is 1.57. The molecule has 0 saturated heterocycles. The Morgan fingerprint density at radius 1 is 1.21 bits per heavy atom. The molecule has 0 amide bonds. The van der Waals surface area contributed by atoms with Gasteiger partial charge in [0.1, 0.15) is 12.4 Å². The SMILES string of the molecule is CCNC(=NCCCOCc1ccco1)NCCNc1ccc([N+](=O)[O-])cc1. The number of anilines is 1. The Bertz CT molecular complexity index is 716. The summed E-state index contributed by atoms with van der Waals surface area (Å²) in [5.41, 5.74) is 0.918. The fourth-order valence-electron chi connectivity index (χ4n) is 2.36. The van der Waals surface area contributed by atoms with E-state index in [0.29, 0.717) is 32.8 Å². The first kappa shape index (κ1) is 21.2. The van der Waals surface area contributed by atoms with Gasteiger partial charge in [0.2, 0.25) is 0 Å². The molecule has 3 N–H and O–H groups in total. The molecule has 0 radical (unpaired) electrons. The number of nitro groups is 1. The van der Waals surface area contributed by atoms with E-state index in [1.54, 1.807) is 18.4 Å². The molecule has 0 bridgehead atoms. The van der Waals surface area contributed by atoms with Gasteiger partial charge in [-0.15, -0.1) is 0 Å². The maximum absolute atomic E-state index is 10.7. The number of nitro benzene ring substituents is 1. The number of non-ortho nitro benzene ring substituents is 1. The smallest absolute Gasteiger partial charge is 0.269 e. The van der Waals surface area contributed by atoms with Crippen LogP contribution in [-0.2, 0) is 11.3 Å². The van der Waals surface area contributed by atoms with Crippen molar-refractivity contribution in [3.8, 4) is 0 Å². The van der Waals surface area contributed by atoms with Crippen LogP contribution in [-0.4, -0.2) is 43.7 Å². The highest BCUT2D eigenvalue weighted by molar-refractivity contribution is 5.79. The topological polar surface area (TPSA) is 114 Å². The molecule has 152 valence electrons. The quantitative estimate of drug-likeness (QED) is 0.168. The number of nitrogens with one attached hydrogen (secondary N) is 3. The predicted molar refractivity (Wildman–Crippen MR) is 109 cm³/mol. The van der Waals surface area contributed by atoms with Crippen molar-refractivity contribution in [2.24, 2.45) is 4.99 Å². The molecule has 0 aliphatic rings. The van der Waals surface area contributed by atoms with Gasteiger partial charge in [-0.25, -0.2) is 0 Å². The number of guanidine groups is 1. The van der Waals surface area contributed by atoms with Crippen molar-refractivity contribution in [3.05, 3.63) is 58.5 Å². The molecule has 1 aromatic carbocycles. The molecule has 0 aliphatic carbocycles. The lowest BCUT2D eigenvalue weighted by Gasteiger charge is -2.12. The monoisotopic (exact) mass is 389 g/mol. The third-order valence-corrected chi connectivity index (χ3v) is 3.71. The first-order valence-corrected chi connectivity index (χ1v) is 9.29. The largest absolute Gasteiger partial charge is 0.467 e. The summed E-state index contributed by atoms with van der Waals surface area (Å²) < 4.78 is 10.7. The Labute approximate surface area is 164 Å². The minimum Gasteiger partial charge on any atom is -0.467 e. The second kappa shape index (κ2) is 12.3. The average Bonchev–Trinajstić information content (AvgIpc) is 3.21. The predicted octanol–water partition coefficient (Wildman–Crippen LogP) is 2.76. The van der Waals surface area contributed by atoms with Crippen LogP contribution in [0.15, 0.2) is 52.1 Å². The average molecular weight is 389 g/mol. The first-order valence-electron chi connectivity index (χ1n) is 9.29. The zero-order valence-corrected chi connectivity index (χ0v) is 16.0. The van der Waals surface area contributed by atoms with E-state index < -0.39 is 4.92 Å². The second-order valence-electron chi connectivity index (χ2n) is 5.90. The van der Waals surface area contributed by atoms with Gasteiger partial charge in [0.15, 0.2) is 5.96 Å². The third-order valence-electron chi connectivity index (χ3n) is 3.71. The molecule has 28 heavy (non-hydrogen) atoms. The van der Waals surface area contributed by atoms with Crippen LogP contribution >= 0.6 is 0 Å². The number of hydrogen-bond acceptors (Lipinski definition) is 6. The van der Waals surface area contributed by atoms with E-state index in [9.17, 15) is 10.1 Å². The highest BCUT2D eigenvalue weighted by atomic mass is 16.6. The molecule has 9 nitrogen and oxygen atoms in total.